The lowest BCUT2D eigenvalue weighted by molar-refractivity contribution is 0.234. The molecule has 118 valence electrons. The topological polar surface area (TPSA) is 38.5 Å². The van der Waals surface area contributed by atoms with Crippen molar-refractivity contribution >= 4 is 0 Å². The predicted octanol–water partition coefficient (Wildman–Crippen LogP) is 3.87. The van der Waals surface area contributed by atoms with E-state index < -0.39 is 0 Å². The summed E-state index contributed by atoms with van der Waals surface area (Å²) in [4.78, 5) is 2.57. The average Bonchev–Trinajstić information content (AvgIpc) is 2.43. The second-order valence-electron chi connectivity index (χ2n) is 6.13. The summed E-state index contributed by atoms with van der Waals surface area (Å²) in [5.74, 6) is 1.02. The Bertz CT molecular complexity index is 423. The first kappa shape index (κ1) is 16.3. The zero-order chi connectivity index (χ0) is 15.1. The van der Waals surface area contributed by atoms with Crippen molar-refractivity contribution in [2.75, 3.05) is 19.7 Å². The number of rotatable bonds is 5. The van der Waals surface area contributed by atoms with Gasteiger partial charge in [0.25, 0.3) is 0 Å². The highest BCUT2D eigenvalue weighted by atomic mass is 16.5. The Labute approximate surface area is 129 Å². The monoisotopic (exact) mass is 290 g/mol. The molecule has 0 aliphatic carbocycles. The molecule has 0 radical (unpaired) electrons. The normalized spacial score (nSPS) is 18.8. The number of nitrogens with two attached hydrogens (primary N) is 1. The summed E-state index contributed by atoms with van der Waals surface area (Å²) >= 11 is 0. The molecule has 1 aliphatic rings. The molecule has 1 aromatic carbocycles. The van der Waals surface area contributed by atoms with E-state index in [2.05, 4.69) is 23.1 Å². The molecule has 1 aromatic rings. The summed E-state index contributed by atoms with van der Waals surface area (Å²) in [7, 11) is 0. The summed E-state index contributed by atoms with van der Waals surface area (Å²) < 4.78 is 5.80. The third kappa shape index (κ3) is 5.01. The minimum Gasteiger partial charge on any atom is -0.494 e. The molecule has 1 saturated heterocycles. The Morgan fingerprint density at radius 2 is 1.81 bits per heavy atom. The van der Waals surface area contributed by atoms with Gasteiger partial charge in [-0.1, -0.05) is 25.3 Å². The van der Waals surface area contributed by atoms with E-state index in [1.807, 2.05) is 13.8 Å². The molecule has 0 bridgehead atoms. The van der Waals surface area contributed by atoms with Crippen LogP contribution in [0.1, 0.15) is 63.1 Å². The van der Waals surface area contributed by atoms with Crippen molar-refractivity contribution in [1.29, 1.82) is 0 Å². The van der Waals surface area contributed by atoms with E-state index in [-0.39, 0.29) is 6.04 Å². The van der Waals surface area contributed by atoms with Gasteiger partial charge in [-0.3, -0.25) is 4.90 Å². The van der Waals surface area contributed by atoms with E-state index >= 15 is 0 Å². The minimum atomic E-state index is 0.0757. The van der Waals surface area contributed by atoms with Crippen LogP contribution in [-0.2, 0) is 6.54 Å². The van der Waals surface area contributed by atoms with E-state index in [0.29, 0.717) is 6.61 Å². The number of nitrogens with zero attached hydrogens (tertiary/aromatic N) is 1. The van der Waals surface area contributed by atoms with E-state index in [1.165, 1.54) is 56.3 Å². The highest BCUT2D eigenvalue weighted by Crippen LogP contribution is 2.25. The largest absolute Gasteiger partial charge is 0.494 e. The van der Waals surface area contributed by atoms with Gasteiger partial charge in [0.1, 0.15) is 5.75 Å². The van der Waals surface area contributed by atoms with Gasteiger partial charge in [-0.25, -0.2) is 0 Å². The lowest BCUT2D eigenvalue weighted by Crippen LogP contribution is -2.27. The van der Waals surface area contributed by atoms with Crippen molar-refractivity contribution in [3.8, 4) is 5.75 Å². The molecule has 21 heavy (non-hydrogen) atoms. The van der Waals surface area contributed by atoms with Crippen molar-refractivity contribution < 1.29 is 4.74 Å². The molecule has 3 nitrogen and oxygen atoms in total. The second-order valence-corrected chi connectivity index (χ2v) is 6.13. The number of hydrogen-bond acceptors (Lipinski definition) is 3. The maximum Gasteiger partial charge on any atom is 0.123 e. The maximum absolute atomic E-state index is 6.03. The molecule has 1 fully saturated rings. The van der Waals surface area contributed by atoms with E-state index in [0.717, 1.165) is 12.3 Å². The SMILES string of the molecule is CCOc1ccc(C(C)N)cc1CN1CCCCCCC1. The van der Waals surface area contributed by atoms with Crippen LogP contribution < -0.4 is 10.5 Å². The summed E-state index contributed by atoms with van der Waals surface area (Å²) in [5.41, 5.74) is 8.51. The minimum absolute atomic E-state index is 0.0757. The molecule has 0 saturated carbocycles. The van der Waals surface area contributed by atoms with Crippen LogP contribution in [0.5, 0.6) is 5.75 Å². The van der Waals surface area contributed by atoms with E-state index in [4.69, 9.17) is 10.5 Å². The van der Waals surface area contributed by atoms with Crippen LogP contribution in [0.15, 0.2) is 18.2 Å². The van der Waals surface area contributed by atoms with Crippen LogP contribution in [0.25, 0.3) is 0 Å². The average molecular weight is 290 g/mol. The summed E-state index contributed by atoms with van der Waals surface area (Å²) in [5, 5.41) is 0. The lowest BCUT2D eigenvalue weighted by Gasteiger charge is -2.26. The standard InChI is InChI=1S/C18H30N2O/c1-3-21-18-10-9-16(15(2)19)13-17(18)14-20-11-7-5-4-6-8-12-20/h9-10,13,15H,3-8,11-12,14,19H2,1-2H3. The van der Waals surface area contributed by atoms with E-state index in [9.17, 15) is 0 Å². The first-order chi connectivity index (χ1) is 10.2. The molecule has 1 heterocycles. The molecule has 2 rings (SSSR count). The van der Waals surface area contributed by atoms with Crippen molar-refractivity contribution in [3.63, 3.8) is 0 Å². The Hall–Kier alpha value is -1.06. The molecule has 3 heteroatoms. The molecule has 2 N–H and O–H groups in total. The lowest BCUT2D eigenvalue weighted by atomic mass is 10.0. The number of likely N-dealkylation sites (tertiary alicyclic amines) is 1. The third-order valence-electron chi connectivity index (χ3n) is 4.25. The highest BCUT2D eigenvalue weighted by molar-refractivity contribution is 5.38. The van der Waals surface area contributed by atoms with Crippen LogP contribution in [0.4, 0.5) is 0 Å². The maximum atomic E-state index is 6.03. The first-order valence-corrected chi connectivity index (χ1v) is 8.44. The zero-order valence-electron chi connectivity index (χ0n) is 13.6. The molecular formula is C18H30N2O. The second kappa shape index (κ2) is 8.40. The number of hydrogen-bond donors (Lipinski definition) is 1. The molecular weight excluding hydrogens is 260 g/mol. The Kier molecular flexibility index (Phi) is 6.52. The summed E-state index contributed by atoms with van der Waals surface area (Å²) in [6.45, 7) is 8.18. The van der Waals surface area contributed by atoms with Crippen LogP contribution in [-0.4, -0.2) is 24.6 Å². The summed E-state index contributed by atoms with van der Waals surface area (Å²) in [6, 6.07) is 6.48. The summed E-state index contributed by atoms with van der Waals surface area (Å²) in [6.07, 6.45) is 6.77. The van der Waals surface area contributed by atoms with Gasteiger partial charge in [-0.15, -0.1) is 0 Å². The fraction of sp³-hybridized carbons (Fsp3) is 0.667. The van der Waals surface area contributed by atoms with Gasteiger partial charge in [-0.05, 0) is 57.5 Å². The van der Waals surface area contributed by atoms with Crippen LogP contribution in [0.2, 0.25) is 0 Å². The van der Waals surface area contributed by atoms with Crippen molar-refractivity contribution in [2.24, 2.45) is 5.73 Å². The number of ether oxygens (including phenoxy) is 1. The smallest absolute Gasteiger partial charge is 0.123 e. The molecule has 1 unspecified atom stereocenters. The Morgan fingerprint density at radius 1 is 1.14 bits per heavy atom. The van der Waals surface area contributed by atoms with E-state index in [1.54, 1.807) is 0 Å². The predicted molar refractivity (Wildman–Crippen MR) is 88.6 cm³/mol. The fourth-order valence-electron chi connectivity index (χ4n) is 3.01. The third-order valence-corrected chi connectivity index (χ3v) is 4.25. The molecule has 1 aliphatic heterocycles. The van der Waals surface area contributed by atoms with Gasteiger partial charge in [0.15, 0.2) is 0 Å². The van der Waals surface area contributed by atoms with Gasteiger partial charge in [0, 0.05) is 18.2 Å². The Morgan fingerprint density at radius 3 is 2.43 bits per heavy atom. The van der Waals surface area contributed by atoms with Crippen LogP contribution in [0.3, 0.4) is 0 Å². The van der Waals surface area contributed by atoms with Crippen molar-refractivity contribution in [3.05, 3.63) is 29.3 Å². The number of benzene rings is 1. The van der Waals surface area contributed by atoms with Crippen LogP contribution in [0, 0.1) is 0 Å². The van der Waals surface area contributed by atoms with Gasteiger partial charge < -0.3 is 10.5 Å². The zero-order valence-corrected chi connectivity index (χ0v) is 13.6. The molecule has 0 spiro atoms. The van der Waals surface area contributed by atoms with Gasteiger partial charge in [0.05, 0.1) is 6.61 Å². The van der Waals surface area contributed by atoms with Gasteiger partial charge in [0.2, 0.25) is 0 Å². The quantitative estimate of drug-likeness (QED) is 0.894. The Balaban J connectivity index is 2.12. The van der Waals surface area contributed by atoms with Gasteiger partial charge >= 0.3 is 0 Å². The van der Waals surface area contributed by atoms with Crippen molar-refractivity contribution in [1.82, 2.24) is 4.90 Å². The van der Waals surface area contributed by atoms with Crippen molar-refractivity contribution in [2.45, 2.75) is 58.5 Å². The first-order valence-electron chi connectivity index (χ1n) is 8.44. The van der Waals surface area contributed by atoms with Gasteiger partial charge in [-0.2, -0.15) is 0 Å². The molecule has 1 atom stereocenters. The fourth-order valence-corrected chi connectivity index (χ4v) is 3.01. The highest BCUT2D eigenvalue weighted by Gasteiger charge is 2.13. The van der Waals surface area contributed by atoms with Crippen LogP contribution >= 0.6 is 0 Å². The molecule has 0 aromatic heterocycles. The molecule has 0 amide bonds.